The fraction of sp³-hybridized carbons (Fsp3) is 0.278. The molecule has 2 rings (SSSR count). The quantitative estimate of drug-likeness (QED) is 0.516. The molecule has 1 aromatic carbocycles. The summed E-state index contributed by atoms with van der Waals surface area (Å²) >= 11 is 3.33. The number of benzene rings is 1. The van der Waals surface area contributed by atoms with Crippen LogP contribution in [0.5, 0.6) is 0 Å². The molecular formula is C18H20BrN3O3. The summed E-state index contributed by atoms with van der Waals surface area (Å²) in [6, 6.07) is 11.0. The smallest absolute Gasteiger partial charge is 0.240 e. The monoisotopic (exact) mass is 405 g/mol. The van der Waals surface area contributed by atoms with Crippen LogP contribution in [-0.2, 0) is 16.0 Å². The Hall–Kier alpha value is -2.41. The highest BCUT2D eigenvalue weighted by Gasteiger charge is 2.07. The number of hydrazone groups is 1. The maximum atomic E-state index is 11.8. The minimum absolute atomic E-state index is 0.0807. The summed E-state index contributed by atoms with van der Waals surface area (Å²) in [7, 11) is 0. The molecule has 0 fully saturated rings. The maximum Gasteiger partial charge on any atom is 0.240 e. The third-order valence-electron chi connectivity index (χ3n) is 3.39. The van der Waals surface area contributed by atoms with E-state index in [1.165, 1.54) is 0 Å². The van der Waals surface area contributed by atoms with E-state index in [2.05, 4.69) is 31.8 Å². The van der Waals surface area contributed by atoms with Crippen molar-refractivity contribution in [2.75, 3.05) is 5.32 Å². The van der Waals surface area contributed by atoms with Crippen molar-refractivity contribution in [3.8, 4) is 0 Å². The fourth-order valence-electron chi connectivity index (χ4n) is 2.01. The molecule has 0 unspecified atom stereocenters. The van der Waals surface area contributed by atoms with Crippen LogP contribution in [0.15, 0.2) is 56.7 Å². The largest absolute Gasteiger partial charge is 0.469 e. The fourth-order valence-corrected chi connectivity index (χ4v) is 2.28. The Morgan fingerprint density at radius 3 is 2.48 bits per heavy atom. The number of amides is 2. The Balaban J connectivity index is 1.66. The average Bonchev–Trinajstić information content (AvgIpc) is 3.12. The van der Waals surface area contributed by atoms with Crippen LogP contribution in [0, 0.1) is 0 Å². The highest BCUT2D eigenvalue weighted by Crippen LogP contribution is 2.14. The summed E-state index contributed by atoms with van der Waals surface area (Å²) in [6.07, 6.45) is 3.23. The predicted molar refractivity (Wildman–Crippen MR) is 100 cm³/mol. The van der Waals surface area contributed by atoms with E-state index >= 15 is 0 Å². The van der Waals surface area contributed by atoms with Crippen molar-refractivity contribution >= 4 is 39.1 Å². The number of carbonyl (C=O) groups excluding carboxylic acids is 2. The molecule has 6 nitrogen and oxygen atoms in total. The minimum Gasteiger partial charge on any atom is -0.469 e. The SMILES string of the molecule is C/C(CCc1ccco1)=N/NC(=O)CCC(=O)Nc1ccc(Br)cc1. The van der Waals surface area contributed by atoms with Gasteiger partial charge in [-0.2, -0.15) is 5.10 Å². The molecule has 7 heteroatoms. The summed E-state index contributed by atoms with van der Waals surface area (Å²) in [5.41, 5.74) is 3.96. The number of halogens is 1. The first-order valence-corrected chi connectivity index (χ1v) is 8.72. The molecule has 2 aromatic rings. The van der Waals surface area contributed by atoms with Crippen LogP contribution in [-0.4, -0.2) is 17.5 Å². The molecule has 1 aromatic heterocycles. The molecule has 1 heterocycles. The normalized spacial score (nSPS) is 11.2. The van der Waals surface area contributed by atoms with E-state index in [1.807, 2.05) is 31.2 Å². The van der Waals surface area contributed by atoms with E-state index in [0.717, 1.165) is 22.4 Å². The van der Waals surface area contributed by atoms with Crippen LogP contribution in [0.1, 0.15) is 31.9 Å². The second-order valence-electron chi connectivity index (χ2n) is 5.52. The van der Waals surface area contributed by atoms with Gasteiger partial charge in [-0.25, -0.2) is 5.43 Å². The zero-order valence-electron chi connectivity index (χ0n) is 13.9. The summed E-state index contributed by atoms with van der Waals surface area (Å²) in [6.45, 7) is 1.84. The van der Waals surface area contributed by atoms with Crippen molar-refractivity contribution in [3.63, 3.8) is 0 Å². The van der Waals surface area contributed by atoms with E-state index in [0.29, 0.717) is 12.1 Å². The third kappa shape index (κ3) is 7.34. The van der Waals surface area contributed by atoms with Gasteiger partial charge in [-0.15, -0.1) is 0 Å². The molecular weight excluding hydrogens is 386 g/mol. The van der Waals surface area contributed by atoms with Gasteiger partial charge < -0.3 is 9.73 Å². The first-order valence-electron chi connectivity index (χ1n) is 7.93. The Bertz CT molecular complexity index is 725. The Morgan fingerprint density at radius 1 is 1.08 bits per heavy atom. The summed E-state index contributed by atoms with van der Waals surface area (Å²) < 4.78 is 6.18. The van der Waals surface area contributed by atoms with Crippen molar-refractivity contribution in [2.24, 2.45) is 5.10 Å². The van der Waals surface area contributed by atoms with E-state index in [9.17, 15) is 9.59 Å². The molecule has 0 saturated carbocycles. The number of hydrogen-bond acceptors (Lipinski definition) is 4. The van der Waals surface area contributed by atoms with Crippen LogP contribution >= 0.6 is 15.9 Å². The van der Waals surface area contributed by atoms with Gasteiger partial charge in [0.05, 0.1) is 6.26 Å². The summed E-state index contributed by atoms with van der Waals surface area (Å²) in [5, 5.41) is 6.77. The van der Waals surface area contributed by atoms with Gasteiger partial charge in [-0.3, -0.25) is 9.59 Å². The first kappa shape index (κ1) is 18.9. The maximum absolute atomic E-state index is 11.8. The van der Waals surface area contributed by atoms with Crippen LogP contribution in [0.3, 0.4) is 0 Å². The second-order valence-corrected chi connectivity index (χ2v) is 6.43. The molecule has 0 aliphatic rings. The van der Waals surface area contributed by atoms with Gasteiger partial charge >= 0.3 is 0 Å². The number of anilines is 1. The average molecular weight is 406 g/mol. The van der Waals surface area contributed by atoms with Gasteiger partial charge in [0.2, 0.25) is 11.8 Å². The van der Waals surface area contributed by atoms with Crippen LogP contribution < -0.4 is 10.7 Å². The van der Waals surface area contributed by atoms with Gasteiger partial charge in [0, 0.05) is 35.1 Å². The predicted octanol–water partition coefficient (Wildman–Crippen LogP) is 3.89. The Labute approximate surface area is 154 Å². The van der Waals surface area contributed by atoms with Crippen molar-refractivity contribution in [1.29, 1.82) is 0 Å². The van der Waals surface area contributed by atoms with Crippen LogP contribution in [0.4, 0.5) is 5.69 Å². The van der Waals surface area contributed by atoms with E-state index in [1.54, 1.807) is 18.4 Å². The lowest BCUT2D eigenvalue weighted by Gasteiger charge is -2.05. The summed E-state index contributed by atoms with van der Waals surface area (Å²) in [5.74, 6) is 0.379. The van der Waals surface area contributed by atoms with Gasteiger partial charge in [0.1, 0.15) is 5.76 Å². The molecule has 0 saturated heterocycles. The van der Waals surface area contributed by atoms with Crippen LogP contribution in [0.2, 0.25) is 0 Å². The Kier molecular flexibility index (Phi) is 7.40. The molecule has 0 atom stereocenters. The summed E-state index contributed by atoms with van der Waals surface area (Å²) in [4.78, 5) is 23.6. The highest BCUT2D eigenvalue weighted by atomic mass is 79.9. The van der Waals surface area contributed by atoms with Gasteiger partial charge in [-0.1, -0.05) is 15.9 Å². The van der Waals surface area contributed by atoms with Gasteiger partial charge in [0.15, 0.2) is 0 Å². The Morgan fingerprint density at radius 2 is 1.80 bits per heavy atom. The molecule has 25 heavy (non-hydrogen) atoms. The number of nitrogens with zero attached hydrogens (tertiary/aromatic N) is 1. The number of carbonyl (C=O) groups is 2. The number of hydrogen-bond donors (Lipinski definition) is 2. The molecule has 0 aliphatic carbocycles. The molecule has 0 bridgehead atoms. The van der Waals surface area contributed by atoms with E-state index in [-0.39, 0.29) is 24.7 Å². The van der Waals surface area contributed by atoms with Crippen molar-refractivity contribution in [3.05, 3.63) is 52.9 Å². The van der Waals surface area contributed by atoms with Crippen molar-refractivity contribution in [1.82, 2.24) is 5.43 Å². The minimum atomic E-state index is -0.289. The number of nitrogens with one attached hydrogen (secondary N) is 2. The topological polar surface area (TPSA) is 83.7 Å². The zero-order chi connectivity index (χ0) is 18.1. The zero-order valence-corrected chi connectivity index (χ0v) is 15.5. The molecule has 0 aliphatic heterocycles. The lowest BCUT2D eigenvalue weighted by molar-refractivity contribution is -0.124. The van der Waals surface area contributed by atoms with Crippen molar-refractivity contribution in [2.45, 2.75) is 32.6 Å². The second kappa shape index (κ2) is 9.78. The third-order valence-corrected chi connectivity index (χ3v) is 3.92. The standard InChI is InChI=1S/C18H20BrN3O3/c1-13(4-9-16-3-2-12-25-16)21-22-18(24)11-10-17(23)20-15-7-5-14(19)6-8-15/h2-3,5-8,12H,4,9-11H2,1H3,(H,20,23)(H,22,24)/b21-13-. The molecule has 0 spiro atoms. The molecule has 2 N–H and O–H groups in total. The van der Waals surface area contributed by atoms with Gasteiger partial charge in [0.25, 0.3) is 0 Å². The van der Waals surface area contributed by atoms with Gasteiger partial charge in [-0.05, 0) is 49.7 Å². The lowest BCUT2D eigenvalue weighted by atomic mass is 10.2. The number of aryl methyl sites for hydroxylation is 1. The molecule has 132 valence electrons. The van der Waals surface area contributed by atoms with Crippen LogP contribution in [0.25, 0.3) is 0 Å². The molecule has 2 amide bonds. The first-order chi connectivity index (χ1) is 12.0. The highest BCUT2D eigenvalue weighted by molar-refractivity contribution is 9.10. The number of furan rings is 1. The van der Waals surface area contributed by atoms with Crippen molar-refractivity contribution < 1.29 is 14.0 Å². The lowest BCUT2D eigenvalue weighted by Crippen LogP contribution is -2.21. The van der Waals surface area contributed by atoms with E-state index in [4.69, 9.17) is 4.42 Å². The molecule has 0 radical (unpaired) electrons. The van der Waals surface area contributed by atoms with E-state index < -0.39 is 0 Å². The number of rotatable bonds is 8.